The van der Waals surface area contributed by atoms with Gasteiger partial charge in [0.1, 0.15) is 11.4 Å². The van der Waals surface area contributed by atoms with Gasteiger partial charge in [0.15, 0.2) is 5.13 Å². The van der Waals surface area contributed by atoms with Gasteiger partial charge in [-0.15, -0.1) is 11.3 Å². The van der Waals surface area contributed by atoms with E-state index in [9.17, 15) is 4.79 Å². The number of hydrogen-bond acceptors (Lipinski definition) is 5. The highest BCUT2D eigenvalue weighted by Crippen LogP contribution is 2.40. The molecule has 1 saturated carbocycles. The number of carbonyl (C=O) groups is 1. The van der Waals surface area contributed by atoms with Crippen molar-refractivity contribution in [3.05, 3.63) is 95.5 Å². The Morgan fingerprint density at radius 3 is 2.71 bits per heavy atom. The second-order valence-electron chi connectivity index (χ2n) is 7.63. The van der Waals surface area contributed by atoms with Crippen LogP contribution in [0.2, 0.25) is 0 Å². The van der Waals surface area contributed by atoms with Crippen LogP contribution in [0.3, 0.4) is 0 Å². The van der Waals surface area contributed by atoms with Gasteiger partial charge in [-0.25, -0.2) is 4.98 Å². The first kappa shape index (κ1) is 19.5. The van der Waals surface area contributed by atoms with Gasteiger partial charge in [-0.3, -0.25) is 15.1 Å². The first-order valence-corrected chi connectivity index (χ1v) is 11.1. The highest BCUT2D eigenvalue weighted by molar-refractivity contribution is 7.14. The van der Waals surface area contributed by atoms with Crippen LogP contribution in [0.1, 0.15) is 40.5 Å². The van der Waals surface area contributed by atoms with E-state index in [-0.39, 0.29) is 12.0 Å². The normalized spacial score (nSPS) is 17.7. The Morgan fingerprint density at radius 2 is 1.90 bits per heavy atom. The van der Waals surface area contributed by atoms with Gasteiger partial charge < -0.3 is 9.30 Å². The van der Waals surface area contributed by atoms with Crippen LogP contribution < -0.4 is 10.1 Å². The predicted octanol–water partition coefficient (Wildman–Crippen LogP) is 4.97. The van der Waals surface area contributed by atoms with E-state index in [0.29, 0.717) is 23.3 Å². The summed E-state index contributed by atoms with van der Waals surface area (Å²) < 4.78 is 7.91. The predicted molar refractivity (Wildman–Crippen MR) is 121 cm³/mol. The third kappa shape index (κ3) is 4.51. The number of benzene rings is 1. The summed E-state index contributed by atoms with van der Waals surface area (Å²) in [5.41, 5.74) is 2.72. The molecule has 156 valence electrons. The molecule has 1 aliphatic rings. The molecular weight excluding hydrogens is 408 g/mol. The van der Waals surface area contributed by atoms with E-state index in [2.05, 4.69) is 15.3 Å². The standard InChI is InChI=1S/C24H22N4O2S/c29-23(22-7-4-12-28(22)15-17-8-10-25-11-9-17)27-24-26-21(16-31-24)18-13-20(14-18)30-19-5-2-1-3-6-19/h1-12,16,18,20H,13-15H2,(H,26,27,29)/t18-,20-. The molecule has 3 aromatic heterocycles. The fourth-order valence-corrected chi connectivity index (χ4v) is 4.52. The van der Waals surface area contributed by atoms with Crippen LogP contribution in [-0.4, -0.2) is 26.5 Å². The maximum Gasteiger partial charge on any atom is 0.274 e. The molecule has 4 aromatic rings. The largest absolute Gasteiger partial charge is 0.490 e. The summed E-state index contributed by atoms with van der Waals surface area (Å²) >= 11 is 1.47. The summed E-state index contributed by atoms with van der Waals surface area (Å²) in [6.07, 6.45) is 7.53. The number of nitrogens with one attached hydrogen (secondary N) is 1. The van der Waals surface area contributed by atoms with Crippen LogP contribution in [0.5, 0.6) is 5.75 Å². The molecular formula is C24H22N4O2S. The van der Waals surface area contributed by atoms with Gasteiger partial charge in [-0.1, -0.05) is 18.2 Å². The summed E-state index contributed by atoms with van der Waals surface area (Å²) in [4.78, 5) is 21.5. The van der Waals surface area contributed by atoms with Crippen LogP contribution >= 0.6 is 11.3 Å². The van der Waals surface area contributed by atoms with E-state index in [1.807, 2.05) is 70.7 Å². The van der Waals surface area contributed by atoms with Crippen molar-refractivity contribution in [2.24, 2.45) is 0 Å². The zero-order valence-electron chi connectivity index (χ0n) is 16.8. The Labute approximate surface area is 184 Å². The summed E-state index contributed by atoms with van der Waals surface area (Å²) in [6, 6.07) is 17.5. The molecule has 0 unspecified atom stereocenters. The fourth-order valence-electron chi connectivity index (χ4n) is 3.73. The smallest absolute Gasteiger partial charge is 0.274 e. The maximum absolute atomic E-state index is 12.8. The van der Waals surface area contributed by atoms with Crippen molar-refractivity contribution in [3.63, 3.8) is 0 Å². The number of anilines is 1. The molecule has 0 radical (unpaired) electrons. The monoisotopic (exact) mass is 430 g/mol. The summed E-state index contributed by atoms with van der Waals surface area (Å²) in [5, 5.41) is 5.61. The second-order valence-corrected chi connectivity index (χ2v) is 8.49. The lowest BCUT2D eigenvalue weighted by Gasteiger charge is -2.34. The van der Waals surface area contributed by atoms with Crippen molar-refractivity contribution in [1.82, 2.24) is 14.5 Å². The lowest BCUT2D eigenvalue weighted by molar-refractivity contribution is 0.0971. The van der Waals surface area contributed by atoms with Gasteiger partial charge in [-0.2, -0.15) is 0 Å². The van der Waals surface area contributed by atoms with Crippen molar-refractivity contribution in [1.29, 1.82) is 0 Å². The molecule has 0 saturated heterocycles. The van der Waals surface area contributed by atoms with Crippen LogP contribution in [0.4, 0.5) is 5.13 Å². The quantitative estimate of drug-likeness (QED) is 0.450. The average Bonchev–Trinajstić information content (AvgIpc) is 3.41. The lowest BCUT2D eigenvalue weighted by atomic mass is 9.80. The van der Waals surface area contributed by atoms with E-state index in [1.165, 1.54) is 11.3 Å². The van der Waals surface area contributed by atoms with Gasteiger partial charge in [0, 0.05) is 36.4 Å². The van der Waals surface area contributed by atoms with E-state index < -0.39 is 0 Å². The molecule has 31 heavy (non-hydrogen) atoms. The molecule has 3 heterocycles. The molecule has 1 aliphatic carbocycles. The third-order valence-electron chi connectivity index (χ3n) is 5.47. The molecule has 1 aromatic carbocycles. The van der Waals surface area contributed by atoms with Crippen molar-refractivity contribution in [2.45, 2.75) is 31.4 Å². The van der Waals surface area contributed by atoms with Crippen LogP contribution in [0.25, 0.3) is 0 Å². The van der Waals surface area contributed by atoms with Gasteiger partial charge in [-0.05, 0) is 54.8 Å². The number of para-hydroxylation sites is 1. The molecule has 1 amide bonds. The van der Waals surface area contributed by atoms with Crippen molar-refractivity contribution in [3.8, 4) is 5.75 Å². The Morgan fingerprint density at radius 1 is 1.10 bits per heavy atom. The highest BCUT2D eigenvalue weighted by Gasteiger charge is 2.33. The lowest BCUT2D eigenvalue weighted by Crippen LogP contribution is -2.32. The number of rotatable bonds is 7. The first-order chi connectivity index (χ1) is 15.2. The SMILES string of the molecule is O=C(Nc1nc([C@H]2C[C@H](Oc3ccccc3)C2)cs1)c1cccn1Cc1ccncc1. The van der Waals surface area contributed by atoms with Gasteiger partial charge in [0.25, 0.3) is 5.91 Å². The first-order valence-electron chi connectivity index (χ1n) is 10.3. The Hall–Kier alpha value is -3.45. The molecule has 7 heteroatoms. The molecule has 5 rings (SSSR count). The van der Waals surface area contributed by atoms with Crippen molar-refractivity contribution < 1.29 is 9.53 Å². The topological polar surface area (TPSA) is 69.0 Å². The number of ether oxygens (including phenoxy) is 1. The van der Waals surface area contributed by atoms with E-state index in [1.54, 1.807) is 12.4 Å². The molecule has 0 bridgehead atoms. The van der Waals surface area contributed by atoms with Gasteiger partial charge in [0.2, 0.25) is 0 Å². The molecule has 0 aliphatic heterocycles. The zero-order chi connectivity index (χ0) is 21.0. The third-order valence-corrected chi connectivity index (χ3v) is 6.24. The molecule has 0 atom stereocenters. The minimum Gasteiger partial charge on any atom is -0.490 e. The summed E-state index contributed by atoms with van der Waals surface area (Å²) in [5.74, 6) is 1.14. The van der Waals surface area contributed by atoms with E-state index in [4.69, 9.17) is 4.74 Å². The number of amides is 1. The second kappa shape index (κ2) is 8.73. The number of thiazole rings is 1. The van der Waals surface area contributed by atoms with Crippen LogP contribution in [0, 0.1) is 0 Å². The van der Waals surface area contributed by atoms with Gasteiger partial charge >= 0.3 is 0 Å². The number of hydrogen-bond donors (Lipinski definition) is 1. The number of carbonyl (C=O) groups excluding carboxylic acids is 1. The molecule has 1 N–H and O–H groups in total. The molecule has 6 nitrogen and oxygen atoms in total. The number of pyridine rings is 1. The number of aromatic nitrogens is 3. The van der Waals surface area contributed by atoms with Crippen LogP contribution in [0.15, 0.2) is 78.6 Å². The summed E-state index contributed by atoms with van der Waals surface area (Å²) in [7, 11) is 0. The van der Waals surface area contributed by atoms with Crippen molar-refractivity contribution in [2.75, 3.05) is 5.32 Å². The molecule has 0 spiro atoms. The number of nitrogens with zero attached hydrogens (tertiary/aromatic N) is 3. The minimum absolute atomic E-state index is 0.154. The highest BCUT2D eigenvalue weighted by atomic mass is 32.1. The Bertz CT molecular complexity index is 1150. The molecule has 1 fully saturated rings. The zero-order valence-corrected chi connectivity index (χ0v) is 17.7. The summed E-state index contributed by atoms with van der Waals surface area (Å²) in [6.45, 7) is 0.617. The van der Waals surface area contributed by atoms with Crippen molar-refractivity contribution >= 4 is 22.4 Å². The fraction of sp³-hybridized carbons (Fsp3) is 0.208. The van der Waals surface area contributed by atoms with Gasteiger partial charge in [0.05, 0.1) is 11.8 Å². The Kier molecular flexibility index (Phi) is 5.50. The van der Waals surface area contributed by atoms with E-state index >= 15 is 0 Å². The average molecular weight is 431 g/mol. The van der Waals surface area contributed by atoms with E-state index in [0.717, 1.165) is 29.8 Å². The minimum atomic E-state index is -0.154. The Balaban J connectivity index is 1.17. The maximum atomic E-state index is 12.8. The van der Waals surface area contributed by atoms with Crippen LogP contribution in [-0.2, 0) is 6.54 Å².